The molecule has 30 heavy (non-hydrogen) atoms. The number of benzene rings is 1. The predicted octanol–water partition coefficient (Wildman–Crippen LogP) is 1.72. The third-order valence-electron chi connectivity index (χ3n) is 4.36. The molecule has 1 aromatic carbocycles. The maximum Gasteiger partial charge on any atom is 0.258 e. The summed E-state index contributed by atoms with van der Waals surface area (Å²) < 4.78 is 15.9. The van der Waals surface area contributed by atoms with E-state index in [2.05, 4.69) is 20.9 Å². The number of carbonyl (C=O) groups is 1. The molecule has 3 N–H and O–H groups in total. The van der Waals surface area contributed by atoms with Crippen molar-refractivity contribution in [2.24, 2.45) is 4.99 Å². The van der Waals surface area contributed by atoms with Gasteiger partial charge in [0, 0.05) is 39.9 Å². The normalized spacial score (nSPS) is 13.3. The number of ether oxygens (including phenoxy) is 3. The summed E-state index contributed by atoms with van der Waals surface area (Å²) in [5.74, 6) is 1.43. The van der Waals surface area contributed by atoms with Crippen LogP contribution in [0.25, 0.3) is 0 Å². The minimum absolute atomic E-state index is 0. The smallest absolute Gasteiger partial charge is 0.258 e. The second kappa shape index (κ2) is 16.1. The van der Waals surface area contributed by atoms with Crippen LogP contribution < -0.4 is 20.7 Å². The number of methoxy groups -OCH3 is 1. The lowest BCUT2D eigenvalue weighted by molar-refractivity contribution is -0.123. The summed E-state index contributed by atoms with van der Waals surface area (Å²) in [4.78, 5) is 15.9. The molecule has 0 aliphatic heterocycles. The molecule has 0 radical (unpaired) electrons. The highest BCUT2D eigenvalue weighted by atomic mass is 127. The van der Waals surface area contributed by atoms with E-state index < -0.39 is 0 Å². The van der Waals surface area contributed by atoms with Crippen LogP contribution in [0.3, 0.4) is 0 Å². The SMILES string of the molecule is CN=C(NCCCOCCOC)NCCc1ccc(OCC(=O)NC2CC2)cc1.I. The van der Waals surface area contributed by atoms with Crippen LogP contribution >= 0.6 is 24.0 Å². The number of nitrogens with one attached hydrogen (secondary N) is 3. The van der Waals surface area contributed by atoms with E-state index in [-0.39, 0.29) is 36.5 Å². The van der Waals surface area contributed by atoms with Gasteiger partial charge >= 0.3 is 0 Å². The van der Waals surface area contributed by atoms with Gasteiger partial charge in [-0.25, -0.2) is 0 Å². The zero-order chi connectivity index (χ0) is 20.7. The first-order valence-corrected chi connectivity index (χ1v) is 10.2. The summed E-state index contributed by atoms with van der Waals surface area (Å²) in [7, 11) is 3.43. The Morgan fingerprint density at radius 3 is 2.50 bits per heavy atom. The van der Waals surface area contributed by atoms with Gasteiger partial charge in [-0.1, -0.05) is 12.1 Å². The van der Waals surface area contributed by atoms with Crippen LogP contribution in [0.4, 0.5) is 0 Å². The number of halogens is 1. The van der Waals surface area contributed by atoms with Crippen molar-refractivity contribution in [2.75, 3.05) is 53.7 Å². The van der Waals surface area contributed by atoms with E-state index >= 15 is 0 Å². The van der Waals surface area contributed by atoms with E-state index in [4.69, 9.17) is 14.2 Å². The van der Waals surface area contributed by atoms with Gasteiger partial charge in [0.2, 0.25) is 0 Å². The van der Waals surface area contributed by atoms with Crippen LogP contribution in [0, 0.1) is 0 Å². The number of aliphatic imine (C=N–C) groups is 1. The lowest BCUT2D eigenvalue weighted by Crippen LogP contribution is -2.39. The Bertz CT molecular complexity index is 624. The van der Waals surface area contributed by atoms with Crippen molar-refractivity contribution >= 4 is 35.8 Å². The van der Waals surface area contributed by atoms with Crippen LogP contribution in [-0.4, -0.2) is 71.6 Å². The van der Waals surface area contributed by atoms with Gasteiger partial charge in [-0.3, -0.25) is 9.79 Å². The molecule has 0 unspecified atom stereocenters. The molecule has 1 aromatic rings. The fraction of sp³-hybridized carbons (Fsp3) is 0.619. The second-order valence-electron chi connectivity index (χ2n) is 6.91. The molecule has 9 heteroatoms. The zero-order valence-electron chi connectivity index (χ0n) is 17.9. The van der Waals surface area contributed by atoms with Gasteiger partial charge < -0.3 is 30.2 Å². The lowest BCUT2D eigenvalue weighted by Gasteiger charge is -2.12. The summed E-state index contributed by atoms with van der Waals surface area (Å²) in [6.45, 7) is 3.59. The first-order valence-electron chi connectivity index (χ1n) is 10.2. The van der Waals surface area contributed by atoms with Gasteiger partial charge in [0.15, 0.2) is 12.6 Å². The van der Waals surface area contributed by atoms with Gasteiger partial charge in [0.1, 0.15) is 5.75 Å². The average molecular weight is 534 g/mol. The highest BCUT2D eigenvalue weighted by Gasteiger charge is 2.23. The van der Waals surface area contributed by atoms with E-state index in [1.165, 1.54) is 5.56 Å². The summed E-state index contributed by atoms with van der Waals surface area (Å²) in [6, 6.07) is 8.20. The predicted molar refractivity (Wildman–Crippen MR) is 129 cm³/mol. The van der Waals surface area contributed by atoms with Crippen LogP contribution in [0.5, 0.6) is 5.75 Å². The molecule has 1 saturated carbocycles. The monoisotopic (exact) mass is 534 g/mol. The number of amides is 1. The van der Waals surface area contributed by atoms with E-state index in [0.717, 1.165) is 44.7 Å². The standard InChI is InChI=1S/C21H34N4O4.HI/c1-22-21(23-11-3-13-28-15-14-27-2)24-12-10-17-4-8-19(9-5-17)29-16-20(26)25-18-6-7-18;/h4-5,8-9,18H,3,6-7,10-16H2,1-2H3,(H,25,26)(H2,22,23,24);1H. The molecule has 0 bridgehead atoms. The molecule has 1 aliphatic rings. The van der Waals surface area contributed by atoms with Crippen LogP contribution in [0.1, 0.15) is 24.8 Å². The Balaban J connectivity index is 0.00000450. The minimum Gasteiger partial charge on any atom is -0.484 e. The minimum atomic E-state index is -0.0544. The largest absolute Gasteiger partial charge is 0.484 e. The summed E-state index contributed by atoms with van der Waals surface area (Å²) in [5.41, 5.74) is 1.19. The molecule has 8 nitrogen and oxygen atoms in total. The zero-order valence-corrected chi connectivity index (χ0v) is 20.3. The molecule has 0 atom stereocenters. The summed E-state index contributed by atoms with van der Waals surface area (Å²) >= 11 is 0. The fourth-order valence-corrected chi connectivity index (χ4v) is 2.57. The number of carbonyl (C=O) groups excluding carboxylic acids is 1. The van der Waals surface area contributed by atoms with Crippen molar-refractivity contribution in [1.82, 2.24) is 16.0 Å². The second-order valence-corrected chi connectivity index (χ2v) is 6.91. The maximum absolute atomic E-state index is 11.6. The van der Waals surface area contributed by atoms with Crippen molar-refractivity contribution in [3.05, 3.63) is 29.8 Å². The topological polar surface area (TPSA) is 93.2 Å². The Hall–Kier alpha value is -1.59. The number of guanidine groups is 1. The average Bonchev–Trinajstić information content (AvgIpc) is 3.55. The molecule has 0 spiro atoms. The van der Waals surface area contributed by atoms with Crippen molar-refractivity contribution in [2.45, 2.75) is 31.7 Å². The molecule has 2 rings (SSSR count). The molecular weight excluding hydrogens is 499 g/mol. The Labute approximate surface area is 196 Å². The molecule has 170 valence electrons. The number of hydrogen-bond donors (Lipinski definition) is 3. The third kappa shape index (κ3) is 12.2. The van der Waals surface area contributed by atoms with Gasteiger partial charge in [-0.2, -0.15) is 0 Å². The first-order chi connectivity index (χ1) is 14.2. The highest BCUT2D eigenvalue weighted by molar-refractivity contribution is 14.0. The molecule has 1 fully saturated rings. The van der Waals surface area contributed by atoms with Gasteiger partial charge in [-0.15, -0.1) is 24.0 Å². The lowest BCUT2D eigenvalue weighted by atomic mass is 10.1. The fourth-order valence-electron chi connectivity index (χ4n) is 2.57. The van der Waals surface area contributed by atoms with E-state index in [9.17, 15) is 4.79 Å². The Kier molecular flexibility index (Phi) is 14.2. The Morgan fingerprint density at radius 2 is 1.83 bits per heavy atom. The quantitative estimate of drug-likeness (QED) is 0.146. The molecule has 0 aromatic heterocycles. The third-order valence-corrected chi connectivity index (χ3v) is 4.36. The molecular formula is C21H35IN4O4. The van der Waals surface area contributed by atoms with Crippen LogP contribution in [0.15, 0.2) is 29.3 Å². The first kappa shape index (κ1) is 26.4. The van der Waals surface area contributed by atoms with Crippen molar-refractivity contribution in [1.29, 1.82) is 0 Å². The van der Waals surface area contributed by atoms with Gasteiger partial charge in [0.05, 0.1) is 13.2 Å². The van der Waals surface area contributed by atoms with Gasteiger partial charge in [-0.05, 0) is 43.4 Å². The summed E-state index contributed by atoms with van der Waals surface area (Å²) in [6.07, 6.45) is 3.93. The summed E-state index contributed by atoms with van der Waals surface area (Å²) in [5, 5.41) is 9.48. The van der Waals surface area contributed by atoms with Crippen molar-refractivity contribution in [3.8, 4) is 5.75 Å². The number of rotatable bonds is 14. The molecule has 0 heterocycles. The molecule has 0 saturated heterocycles. The number of nitrogens with zero attached hydrogens (tertiary/aromatic N) is 1. The number of hydrogen-bond acceptors (Lipinski definition) is 5. The van der Waals surface area contributed by atoms with Gasteiger partial charge in [0.25, 0.3) is 5.91 Å². The van der Waals surface area contributed by atoms with Crippen molar-refractivity contribution < 1.29 is 19.0 Å². The maximum atomic E-state index is 11.6. The van der Waals surface area contributed by atoms with Crippen LogP contribution in [0.2, 0.25) is 0 Å². The Morgan fingerprint density at radius 1 is 1.10 bits per heavy atom. The highest BCUT2D eigenvalue weighted by Crippen LogP contribution is 2.18. The van der Waals surface area contributed by atoms with E-state index in [0.29, 0.717) is 31.6 Å². The van der Waals surface area contributed by atoms with Crippen LogP contribution in [-0.2, 0) is 20.7 Å². The molecule has 1 amide bonds. The molecule has 1 aliphatic carbocycles. The van der Waals surface area contributed by atoms with E-state index in [1.54, 1.807) is 14.2 Å². The van der Waals surface area contributed by atoms with Crippen molar-refractivity contribution in [3.63, 3.8) is 0 Å². The van der Waals surface area contributed by atoms with E-state index in [1.807, 2.05) is 24.3 Å².